The summed E-state index contributed by atoms with van der Waals surface area (Å²) in [4.78, 5) is 4.65. The van der Waals surface area contributed by atoms with Gasteiger partial charge in [0.2, 0.25) is 0 Å². The normalized spacial score (nSPS) is 12.3. The number of fused-ring (bicyclic) bond motifs is 25. The Balaban J connectivity index is 0.0000000999. The molecule has 0 aliphatic heterocycles. The van der Waals surface area contributed by atoms with Crippen molar-refractivity contribution in [3.05, 3.63) is 437 Å². The molecule has 0 aliphatic rings. The Bertz CT molecular complexity index is 9230. The topological polar surface area (TPSA) is 57.4 Å². The average Bonchev–Trinajstić information content (AvgIpc) is 1.55. The summed E-state index contributed by atoms with van der Waals surface area (Å²) in [6, 6.07) is 156. The zero-order valence-corrected chi connectivity index (χ0v) is 85.2. The van der Waals surface area contributed by atoms with Gasteiger partial charge in [-0.1, -0.05) is 279 Å². The van der Waals surface area contributed by atoms with Crippen molar-refractivity contribution in [2.75, 3.05) is 9.80 Å². The molecule has 0 unspecified atom stereocenters. The molecule has 10 heteroatoms. The van der Waals surface area contributed by atoms with E-state index < -0.39 is 0 Å². The molecule has 0 fully saturated rings. The molecule has 19 aromatic carbocycles. The van der Waals surface area contributed by atoms with Crippen LogP contribution in [0.4, 0.5) is 34.1 Å². The van der Waals surface area contributed by atoms with Crippen molar-refractivity contribution in [1.82, 2.24) is 22.8 Å². The molecule has 0 N–H and O–H groups in total. The molecule has 0 spiro atoms. The highest BCUT2D eigenvalue weighted by Gasteiger charge is 2.30. The number of hydrogen-bond donors (Lipinski definition) is 0. The Labute approximate surface area is 844 Å². The van der Waals surface area contributed by atoms with Crippen molar-refractivity contribution < 1.29 is 8.83 Å². The summed E-state index contributed by atoms with van der Waals surface area (Å²) >= 11 is 1.90. The van der Waals surface area contributed by atoms with E-state index in [-0.39, 0.29) is 27.7 Å². The van der Waals surface area contributed by atoms with E-state index in [9.17, 15) is 0 Å². The second kappa shape index (κ2) is 36.0. The van der Waals surface area contributed by atoms with Crippen LogP contribution in [0, 0.1) is 0 Å². The fourth-order valence-corrected chi connectivity index (χ4v) is 23.7. The lowest BCUT2D eigenvalue weighted by Crippen LogP contribution is -2.21. The van der Waals surface area contributed by atoms with Crippen LogP contribution in [-0.4, -0.2) is 22.8 Å². The predicted octanol–water partition coefficient (Wildman–Crippen LogP) is 39.2. The molecule has 9 nitrogen and oxygen atoms in total. The maximum atomic E-state index is 6.31. The zero-order chi connectivity index (χ0) is 98.8. The van der Waals surface area contributed by atoms with Crippen LogP contribution in [-0.2, 0) is 27.7 Å². The summed E-state index contributed by atoms with van der Waals surface area (Å²) < 4.78 is 27.6. The lowest BCUT2D eigenvalue weighted by molar-refractivity contribution is 0.422. The third-order valence-electron chi connectivity index (χ3n) is 28.2. The summed E-state index contributed by atoms with van der Waals surface area (Å²) in [7, 11) is 0. The number of aromatic nitrogens is 5. The van der Waals surface area contributed by atoms with Crippen molar-refractivity contribution in [1.29, 1.82) is 0 Å². The number of benzene rings is 19. The van der Waals surface area contributed by atoms with Crippen molar-refractivity contribution >= 4 is 219 Å². The summed E-state index contributed by atoms with van der Waals surface area (Å²) in [5, 5.41) is 20.4. The van der Waals surface area contributed by atoms with E-state index in [2.05, 4.69) is 549 Å². The van der Waals surface area contributed by atoms with Crippen LogP contribution in [0.1, 0.15) is 104 Å². The number of furan rings is 2. The number of para-hydroxylation sites is 12. The van der Waals surface area contributed by atoms with Crippen LogP contribution in [0.25, 0.3) is 195 Å². The van der Waals surface area contributed by atoms with E-state index in [1.165, 1.54) is 167 Å². The number of hydrogen-bond acceptors (Lipinski definition) is 5. The molecule has 0 radical (unpaired) electrons. The minimum Gasteiger partial charge on any atom is -0.455 e. The van der Waals surface area contributed by atoms with Crippen LogP contribution in [0.15, 0.2) is 446 Å². The van der Waals surface area contributed by atoms with Crippen LogP contribution in [0.3, 0.4) is 0 Å². The highest BCUT2D eigenvalue weighted by molar-refractivity contribution is 7.26. The Morgan fingerprint density at radius 1 is 0.188 bits per heavy atom. The summed E-state index contributed by atoms with van der Waals surface area (Å²) in [5.41, 5.74) is 28.4. The highest BCUT2D eigenvalue weighted by Crippen LogP contribution is 2.49. The van der Waals surface area contributed by atoms with Crippen LogP contribution in [0.2, 0.25) is 0 Å². The molecule has 0 saturated heterocycles. The molecule has 8 aromatic heterocycles. The zero-order valence-electron chi connectivity index (χ0n) is 84.4. The maximum Gasteiger partial charge on any atom is 0.159 e. The van der Waals surface area contributed by atoms with Crippen LogP contribution in [0.5, 0.6) is 0 Å². The number of nitrogens with zero attached hydrogens (tertiary/aromatic N) is 7. The molecule has 144 heavy (non-hydrogen) atoms. The molecular formula is C134H117N7O2S. The molecule has 0 amide bonds. The minimum atomic E-state index is -0.0331. The third-order valence-corrected chi connectivity index (χ3v) is 29.4. The largest absolute Gasteiger partial charge is 0.455 e. The van der Waals surface area contributed by atoms with Gasteiger partial charge in [0, 0.05) is 207 Å². The quantitative estimate of drug-likeness (QED) is 0.152. The van der Waals surface area contributed by atoms with Gasteiger partial charge < -0.3 is 41.5 Å². The first-order chi connectivity index (χ1) is 69.7. The number of thiophene rings is 1. The van der Waals surface area contributed by atoms with Crippen molar-refractivity contribution in [3.63, 3.8) is 0 Å². The lowest BCUT2D eigenvalue weighted by atomic mass is 10.00. The SMILES string of the molecule is CC(C)(C)n1c2ccccc2c2cc(-c3cccc4c3oc3ccccc34)ccc21.CC(C)(C)n1c2ccccc2c2cc(-c3cccc4c3sc3ccccc34)ccc21.CC(C)(C)n1c2ccccc2c2cc(N(c3ccccc3)c3ccccc3)ccc21.CC(C)(C)n1c2ccccc2c2ccc(N(c3ccccc3)c3ccccc3)cc21.CC(C)(C)n1c2ccccc2c2ccc3c4ccccc4oc3c21. The summed E-state index contributed by atoms with van der Waals surface area (Å²) in [6.45, 7) is 34.0. The van der Waals surface area contributed by atoms with Gasteiger partial charge in [-0.2, -0.15) is 0 Å². The Morgan fingerprint density at radius 2 is 0.479 bits per heavy atom. The fraction of sp³-hybridized carbons (Fsp3) is 0.149. The maximum absolute atomic E-state index is 6.31. The van der Waals surface area contributed by atoms with E-state index in [0.717, 1.165) is 62.0 Å². The standard InChI is InChI=1S/2C28H26N2.C28H23NO.C28H23NS.C22H19NO/c1-28(2,3)30-26-17-11-10-16-24(26)25-20-23(18-19-27(25)30)29(21-12-6-4-7-13-21)22-14-8-5-9-15-22;1-28(2,3)30-26-17-11-10-16-24(26)25-19-18-23(20-27(25)30)29(21-12-6-4-7-13-21)22-14-8-5-9-15-22;2*1-28(2,3)29-24-13-6-4-9-20(24)23-17-18(15-16-25(23)29)19-11-8-12-22-21-10-5-7-14-26(21)30-27(19)22;1-22(2,3)23-18-10-6-4-8-14(18)16-12-13-17-15-9-5-7-11-19(15)24-21(17)20(16)23/h2*4-20H,1-3H3;2*4-17H,1-3H3;4-13H,1-3H3. The fourth-order valence-electron chi connectivity index (χ4n) is 22.4. The van der Waals surface area contributed by atoms with Crippen LogP contribution >= 0.6 is 11.3 Å². The smallest absolute Gasteiger partial charge is 0.159 e. The first-order valence-electron chi connectivity index (χ1n) is 50.3. The minimum absolute atomic E-state index is 0.00141. The van der Waals surface area contributed by atoms with Crippen molar-refractivity contribution in [2.24, 2.45) is 0 Å². The van der Waals surface area contributed by atoms with Gasteiger partial charge in [0.1, 0.15) is 16.7 Å². The van der Waals surface area contributed by atoms with E-state index in [1.54, 1.807) is 0 Å². The molecule has 8 heterocycles. The van der Waals surface area contributed by atoms with Gasteiger partial charge in [0.15, 0.2) is 5.58 Å². The van der Waals surface area contributed by atoms with Gasteiger partial charge in [-0.25, -0.2) is 0 Å². The molecule has 27 rings (SSSR count). The molecule has 0 aliphatic carbocycles. The molecule has 0 atom stereocenters. The number of anilines is 6. The van der Waals surface area contributed by atoms with Gasteiger partial charge in [-0.15, -0.1) is 11.3 Å². The van der Waals surface area contributed by atoms with Gasteiger partial charge in [-0.3, -0.25) is 0 Å². The summed E-state index contributed by atoms with van der Waals surface area (Å²) in [6.07, 6.45) is 0. The summed E-state index contributed by atoms with van der Waals surface area (Å²) in [5.74, 6) is 0. The van der Waals surface area contributed by atoms with E-state index in [1.807, 2.05) is 35.6 Å². The monoisotopic (exact) mass is 1890 g/mol. The third kappa shape index (κ3) is 16.2. The Kier molecular flexibility index (Phi) is 22.8. The molecule has 27 aromatic rings. The van der Waals surface area contributed by atoms with Gasteiger partial charge >= 0.3 is 0 Å². The lowest BCUT2D eigenvalue weighted by Gasteiger charge is -2.27. The van der Waals surface area contributed by atoms with E-state index in [4.69, 9.17) is 8.83 Å². The van der Waals surface area contributed by atoms with Gasteiger partial charge in [-0.05, 0) is 278 Å². The van der Waals surface area contributed by atoms with E-state index in [0.29, 0.717) is 0 Å². The van der Waals surface area contributed by atoms with E-state index >= 15 is 0 Å². The Hall–Kier alpha value is -16.4. The van der Waals surface area contributed by atoms with Gasteiger partial charge in [0.25, 0.3) is 0 Å². The first kappa shape index (κ1) is 91.4. The molecule has 0 saturated carbocycles. The first-order valence-corrected chi connectivity index (χ1v) is 51.1. The second-order valence-electron chi connectivity index (χ2n) is 43.0. The number of rotatable bonds is 8. The predicted molar refractivity (Wildman–Crippen MR) is 620 cm³/mol. The highest BCUT2D eigenvalue weighted by atomic mass is 32.1. The average molecular weight is 1890 g/mol. The molecule has 706 valence electrons. The van der Waals surface area contributed by atoms with Crippen molar-refractivity contribution in [3.8, 4) is 22.3 Å². The molecule has 0 bridgehead atoms. The van der Waals surface area contributed by atoms with Gasteiger partial charge in [0.05, 0.1) is 11.0 Å². The Morgan fingerprint density at radius 3 is 0.931 bits per heavy atom. The van der Waals surface area contributed by atoms with Crippen LogP contribution < -0.4 is 9.80 Å². The van der Waals surface area contributed by atoms with Crippen molar-refractivity contribution in [2.45, 2.75) is 132 Å². The molecular weight excluding hydrogens is 1770 g/mol. The second-order valence-corrected chi connectivity index (χ2v) is 44.0.